The van der Waals surface area contributed by atoms with Gasteiger partial charge in [-0.25, -0.2) is 4.79 Å². The van der Waals surface area contributed by atoms with Gasteiger partial charge in [-0.05, 0) is 27.2 Å². The van der Waals surface area contributed by atoms with Crippen molar-refractivity contribution in [2.75, 3.05) is 26.3 Å². The van der Waals surface area contributed by atoms with Crippen molar-refractivity contribution in [1.29, 1.82) is 0 Å². The number of ether oxygens (including phenoxy) is 2. The number of piperidine rings is 1. The molecule has 4 aliphatic heterocycles. The largest absolute Gasteiger partial charge is 0.446 e. The number of amides is 1. The minimum Gasteiger partial charge on any atom is -0.446 e. The lowest BCUT2D eigenvalue weighted by molar-refractivity contribution is -0.0955. The van der Waals surface area contributed by atoms with Gasteiger partial charge in [0.05, 0.1) is 25.3 Å². The first-order valence-electron chi connectivity index (χ1n) is 7.77. The van der Waals surface area contributed by atoms with Crippen molar-refractivity contribution in [3.05, 3.63) is 0 Å². The van der Waals surface area contributed by atoms with Crippen LogP contribution < -0.4 is 0 Å². The Balaban J connectivity index is 1.54. The summed E-state index contributed by atoms with van der Waals surface area (Å²) in [6, 6.07) is 0.695. The Hall–Kier alpha value is -0.810. The molecule has 5 heteroatoms. The molecule has 2 atom stereocenters. The summed E-state index contributed by atoms with van der Waals surface area (Å²) in [5, 5.41) is 0. The number of carbonyl (C=O) groups is 1. The highest BCUT2D eigenvalue weighted by Crippen LogP contribution is 2.36. The molecule has 0 aromatic rings. The second kappa shape index (κ2) is 5.19. The molecule has 0 N–H and O–H groups in total. The lowest BCUT2D eigenvalue weighted by Gasteiger charge is -2.58. The van der Waals surface area contributed by atoms with Gasteiger partial charge in [-0.2, -0.15) is 0 Å². The van der Waals surface area contributed by atoms with E-state index in [0.717, 1.165) is 32.4 Å². The molecule has 2 unspecified atom stereocenters. The van der Waals surface area contributed by atoms with E-state index in [2.05, 4.69) is 25.7 Å². The van der Waals surface area contributed by atoms with Crippen LogP contribution in [0, 0.1) is 0 Å². The van der Waals surface area contributed by atoms with E-state index in [-0.39, 0.29) is 17.7 Å². The molecular formula is C15H26N2O3. The molecule has 4 rings (SSSR count). The molecule has 4 heterocycles. The molecule has 4 saturated heterocycles. The van der Waals surface area contributed by atoms with Gasteiger partial charge in [-0.15, -0.1) is 0 Å². The number of carbonyl (C=O) groups excluding carboxylic acids is 1. The summed E-state index contributed by atoms with van der Waals surface area (Å²) < 4.78 is 10.9. The van der Waals surface area contributed by atoms with Crippen LogP contribution in [0.4, 0.5) is 4.79 Å². The molecule has 20 heavy (non-hydrogen) atoms. The van der Waals surface area contributed by atoms with Crippen LogP contribution in [-0.2, 0) is 9.47 Å². The maximum Gasteiger partial charge on any atom is 0.410 e. The van der Waals surface area contributed by atoms with E-state index in [1.807, 2.05) is 4.90 Å². The van der Waals surface area contributed by atoms with Crippen LogP contribution in [0.5, 0.6) is 0 Å². The average Bonchev–Trinajstić information content (AvgIpc) is 2.38. The van der Waals surface area contributed by atoms with E-state index >= 15 is 0 Å². The summed E-state index contributed by atoms with van der Waals surface area (Å²) >= 11 is 0. The van der Waals surface area contributed by atoms with Crippen LogP contribution in [0.1, 0.15) is 40.0 Å². The Morgan fingerprint density at radius 2 is 1.75 bits per heavy atom. The number of hydrogen-bond donors (Lipinski definition) is 0. The predicted molar refractivity (Wildman–Crippen MR) is 75.7 cm³/mol. The van der Waals surface area contributed by atoms with Crippen LogP contribution in [-0.4, -0.2) is 65.9 Å². The molecule has 0 saturated carbocycles. The topological polar surface area (TPSA) is 42.0 Å². The molecule has 0 aromatic carbocycles. The van der Waals surface area contributed by atoms with Crippen molar-refractivity contribution in [1.82, 2.24) is 9.80 Å². The predicted octanol–water partition coefficient (Wildman–Crippen LogP) is 1.86. The van der Waals surface area contributed by atoms with Gasteiger partial charge >= 0.3 is 6.09 Å². The zero-order valence-corrected chi connectivity index (χ0v) is 12.8. The average molecular weight is 282 g/mol. The van der Waals surface area contributed by atoms with E-state index in [4.69, 9.17) is 9.47 Å². The van der Waals surface area contributed by atoms with Crippen molar-refractivity contribution in [2.24, 2.45) is 0 Å². The maximum atomic E-state index is 12.3. The lowest BCUT2D eigenvalue weighted by atomic mass is 9.85. The first-order chi connectivity index (χ1) is 9.45. The fraction of sp³-hybridized carbons (Fsp3) is 0.933. The summed E-state index contributed by atoms with van der Waals surface area (Å²) in [6.45, 7) is 10.1. The van der Waals surface area contributed by atoms with Gasteiger partial charge in [0.2, 0.25) is 0 Å². The van der Waals surface area contributed by atoms with Crippen molar-refractivity contribution in [3.8, 4) is 0 Å². The Bertz CT molecular complexity index is 362. The minimum absolute atomic E-state index is 0.0521. The number of piperazine rings is 1. The summed E-state index contributed by atoms with van der Waals surface area (Å²) in [5.41, 5.74) is 0.188. The lowest BCUT2D eigenvalue weighted by Crippen LogP contribution is -2.72. The molecular weight excluding hydrogens is 256 g/mol. The smallest absolute Gasteiger partial charge is 0.410 e. The van der Waals surface area contributed by atoms with Gasteiger partial charge in [0, 0.05) is 31.5 Å². The summed E-state index contributed by atoms with van der Waals surface area (Å²) in [5.74, 6) is 0. The molecule has 5 nitrogen and oxygen atoms in total. The third-order valence-electron chi connectivity index (χ3n) is 4.79. The van der Waals surface area contributed by atoms with Crippen molar-refractivity contribution in [2.45, 2.75) is 63.8 Å². The molecule has 2 bridgehead atoms. The molecule has 0 radical (unpaired) electrons. The summed E-state index contributed by atoms with van der Waals surface area (Å²) in [7, 11) is 0. The zero-order chi connectivity index (χ0) is 14.3. The Kier molecular flexibility index (Phi) is 3.67. The molecule has 114 valence electrons. The minimum atomic E-state index is -0.105. The van der Waals surface area contributed by atoms with Crippen molar-refractivity contribution >= 4 is 6.09 Å². The normalized spacial score (nSPS) is 31.9. The van der Waals surface area contributed by atoms with Gasteiger partial charge in [0.1, 0.15) is 6.10 Å². The van der Waals surface area contributed by atoms with Crippen LogP contribution in [0.2, 0.25) is 0 Å². The highest BCUT2D eigenvalue weighted by atomic mass is 16.6. The third kappa shape index (κ3) is 2.66. The van der Waals surface area contributed by atoms with E-state index in [0.29, 0.717) is 25.3 Å². The standard InChI is InChI=1S/C15H26N2O3/c1-15(2,3)16-9-11-8-12(10-16)17(11)14(18)20-13-4-6-19-7-5-13/h11-13H,4-10H2,1-3H3. The first kappa shape index (κ1) is 14.1. The van der Waals surface area contributed by atoms with Crippen LogP contribution >= 0.6 is 0 Å². The molecule has 0 aromatic heterocycles. The summed E-state index contributed by atoms with van der Waals surface area (Å²) in [4.78, 5) is 16.8. The highest BCUT2D eigenvalue weighted by Gasteiger charge is 2.50. The Morgan fingerprint density at radius 1 is 1.15 bits per heavy atom. The van der Waals surface area contributed by atoms with Crippen LogP contribution in [0.25, 0.3) is 0 Å². The number of nitrogens with zero attached hydrogens (tertiary/aromatic N) is 2. The number of fused-ring (bicyclic) bond motifs is 2. The van der Waals surface area contributed by atoms with E-state index in [9.17, 15) is 4.79 Å². The number of rotatable bonds is 1. The monoisotopic (exact) mass is 282 g/mol. The zero-order valence-electron chi connectivity index (χ0n) is 12.8. The van der Waals surface area contributed by atoms with Crippen LogP contribution in [0.3, 0.4) is 0 Å². The quantitative estimate of drug-likeness (QED) is 0.736. The van der Waals surface area contributed by atoms with Gasteiger partial charge in [0.25, 0.3) is 0 Å². The van der Waals surface area contributed by atoms with Gasteiger partial charge in [-0.3, -0.25) is 9.80 Å². The second-order valence-electron chi connectivity index (χ2n) is 7.22. The van der Waals surface area contributed by atoms with Gasteiger partial charge in [-0.1, -0.05) is 0 Å². The molecule has 1 amide bonds. The third-order valence-corrected chi connectivity index (χ3v) is 4.79. The van der Waals surface area contributed by atoms with Crippen molar-refractivity contribution in [3.63, 3.8) is 0 Å². The fourth-order valence-electron chi connectivity index (χ4n) is 3.45. The highest BCUT2D eigenvalue weighted by molar-refractivity contribution is 5.70. The Morgan fingerprint density at radius 3 is 2.30 bits per heavy atom. The fourth-order valence-corrected chi connectivity index (χ4v) is 3.45. The SMILES string of the molecule is CC(C)(C)N1CC2CC(C1)N2C(=O)OC1CCOCC1. The van der Waals surface area contributed by atoms with E-state index < -0.39 is 0 Å². The maximum absolute atomic E-state index is 12.3. The molecule has 0 spiro atoms. The van der Waals surface area contributed by atoms with E-state index in [1.165, 1.54) is 0 Å². The summed E-state index contributed by atoms with van der Waals surface area (Å²) in [6.07, 6.45) is 2.75. The first-order valence-corrected chi connectivity index (χ1v) is 7.77. The van der Waals surface area contributed by atoms with E-state index in [1.54, 1.807) is 0 Å². The molecule has 4 aliphatic rings. The molecule has 0 aliphatic carbocycles. The Labute approximate surface area is 121 Å². The van der Waals surface area contributed by atoms with Gasteiger partial charge < -0.3 is 9.47 Å². The molecule has 4 fully saturated rings. The number of hydrogen-bond acceptors (Lipinski definition) is 4. The van der Waals surface area contributed by atoms with Gasteiger partial charge in [0.15, 0.2) is 0 Å². The second-order valence-corrected chi connectivity index (χ2v) is 7.22. The van der Waals surface area contributed by atoms with Crippen LogP contribution in [0.15, 0.2) is 0 Å². The van der Waals surface area contributed by atoms with Crippen molar-refractivity contribution < 1.29 is 14.3 Å².